The summed E-state index contributed by atoms with van der Waals surface area (Å²) in [4.78, 5) is 37.5. The third-order valence-corrected chi connectivity index (χ3v) is 13.8. The number of amides is 1. The first-order valence-corrected chi connectivity index (χ1v) is 30.3. The van der Waals surface area contributed by atoms with Crippen LogP contribution in [0.3, 0.4) is 0 Å². The Morgan fingerprint density at radius 3 is 1.35 bits per heavy atom. The summed E-state index contributed by atoms with van der Waals surface area (Å²) in [5.74, 6) is -0.502. The molecule has 0 saturated heterocycles. The third-order valence-electron chi connectivity index (χ3n) is 12.8. The second-order valence-electron chi connectivity index (χ2n) is 20.8. The zero-order chi connectivity index (χ0) is 50.1. The van der Waals surface area contributed by atoms with Crippen molar-refractivity contribution >= 4 is 19.7 Å². The van der Waals surface area contributed by atoms with Gasteiger partial charge in [-0.25, -0.2) is 4.57 Å². The number of allylic oxidation sites excluding steroid dienone is 5. The average molecular weight is 981 g/mol. The minimum atomic E-state index is -4.44. The zero-order valence-corrected chi connectivity index (χ0v) is 46.5. The number of esters is 1. The van der Waals surface area contributed by atoms with Crippen molar-refractivity contribution in [2.24, 2.45) is 0 Å². The fourth-order valence-electron chi connectivity index (χ4n) is 8.32. The fourth-order valence-corrected chi connectivity index (χ4v) is 9.06. The Bertz CT molecular complexity index is 1270. The molecule has 0 aliphatic rings. The molecule has 0 rings (SSSR count). The number of hydrogen-bond acceptors (Lipinski definition) is 6. The molecule has 3 unspecified atom stereocenters. The van der Waals surface area contributed by atoms with Crippen LogP contribution in [-0.4, -0.2) is 74.3 Å². The molecule has 0 aliphatic carbocycles. The van der Waals surface area contributed by atoms with E-state index in [1.165, 1.54) is 173 Å². The van der Waals surface area contributed by atoms with Crippen LogP contribution in [0, 0.1) is 0 Å². The van der Waals surface area contributed by atoms with Gasteiger partial charge in [-0.1, -0.05) is 231 Å². The Hall–Kier alpha value is -1.77. The number of likely N-dealkylation sites (N-methyl/N-ethyl adjacent to an activating group) is 1. The van der Waals surface area contributed by atoms with Crippen molar-refractivity contribution in [3.8, 4) is 0 Å². The molecule has 0 heterocycles. The topological polar surface area (TPSA) is 111 Å². The van der Waals surface area contributed by atoms with Crippen LogP contribution < -0.4 is 5.32 Å². The molecule has 400 valence electrons. The van der Waals surface area contributed by atoms with Crippen LogP contribution in [0.4, 0.5) is 0 Å². The SMILES string of the molecule is CCCCC/C=C\C/C=C\CCCCCCCCCCCC(=O)OC(/C=C/CCCCCCCCCCCC)C(COP(=O)(O)OCC[N+](C)(C)C)NC(=O)CCCCCCCCCCCCC. The number of unbranched alkanes of at least 4 members (excludes halogenated alkanes) is 32. The third kappa shape index (κ3) is 49.2. The van der Waals surface area contributed by atoms with Gasteiger partial charge in [0.25, 0.3) is 0 Å². The Labute approximate surface area is 421 Å². The van der Waals surface area contributed by atoms with Gasteiger partial charge in [-0.15, -0.1) is 0 Å². The summed E-state index contributed by atoms with van der Waals surface area (Å²) in [7, 11) is 1.50. The van der Waals surface area contributed by atoms with Crippen molar-refractivity contribution < 1.29 is 37.3 Å². The maximum absolute atomic E-state index is 13.4. The molecule has 2 N–H and O–H groups in total. The predicted molar refractivity (Wildman–Crippen MR) is 291 cm³/mol. The van der Waals surface area contributed by atoms with Crippen LogP contribution in [0.5, 0.6) is 0 Å². The summed E-state index contributed by atoms with van der Waals surface area (Å²) in [6.45, 7) is 6.99. The van der Waals surface area contributed by atoms with E-state index in [4.69, 9.17) is 13.8 Å². The molecule has 3 atom stereocenters. The molecule has 0 aromatic rings. The lowest BCUT2D eigenvalue weighted by atomic mass is 10.0. The molecule has 0 aromatic carbocycles. The Kier molecular flexibility index (Phi) is 47.6. The quantitative estimate of drug-likeness (QED) is 0.0205. The molecule has 10 heteroatoms. The largest absolute Gasteiger partial charge is 0.472 e. The number of carbonyl (C=O) groups excluding carboxylic acids is 2. The van der Waals surface area contributed by atoms with Gasteiger partial charge in [0.15, 0.2) is 0 Å². The predicted octanol–water partition coefficient (Wildman–Crippen LogP) is 17.2. The van der Waals surface area contributed by atoms with Crippen LogP contribution in [0.2, 0.25) is 0 Å². The number of quaternary nitrogens is 1. The van der Waals surface area contributed by atoms with Gasteiger partial charge in [-0.05, 0) is 63.9 Å². The normalized spacial score (nSPS) is 14.0. The summed E-state index contributed by atoms with van der Waals surface area (Å²) < 4.78 is 30.6. The van der Waals surface area contributed by atoms with Crippen LogP contribution in [-0.2, 0) is 27.9 Å². The van der Waals surface area contributed by atoms with Crippen molar-refractivity contribution in [3.05, 3.63) is 36.5 Å². The van der Waals surface area contributed by atoms with Crippen LogP contribution in [0.25, 0.3) is 0 Å². The van der Waals surface area contributed by atoms with Crippen LogP contribution >= 0.6 is 7.82 Å². The molecule has 1 amide bonds. The number of hydrogen-bond donors (Lipinski definition) is 2. The van der Waals surface area contributed by atoms with Crippen LogP contribution in [0.15, 0.2) is 36.5 Å². The molecule has 68 heavy (non-hydrogen) atoms. The van der Waals surface area contributed by atoms with E-state index >= 15 is 0 Å². The van der Waals surface area contributed by atoms with Gasteiger partial charge >= 0.3 is 13.8 Å². The van der Waals surface area contributed by atoms with Gasteiger partial charge in [0.2, 0.25) is 5.91 Å². The van der Waals surface area contributed by atoms with E-state index in [2.05, 4.69) is 50.4 Å². The number of nitrogens with one attached hydrogen (secondary N) is 1. The van der Waals surface area contributed by atoms with Gasteiger partial charge in [0.05, 0.1) is 33.8 Å². The second kappa shape index (κ2) is 48.8. The lowest BCUT2D eigenvalue weighted by Crippen LogP contribution is -2.47. The highest BCUT2D eigenvalue weighted by Crippen LogP contribution is 2.43. The van der Waals surface area contributed by atoms with Crippen LogP contribution in [0.1, 0.15) is 271 Å². The summed E-state index contributed by atoms with van der Waals surface area (Å²) >= 11 is 0. The molecular weight excluding hydrogens is 868 g/mol. The van der Waals surface area contributed by atoms with E-state index in [1.807, 2.05) is 33.3 Å². The highest BCUT2D eigenvalue weighted by atomic mass is 31.2. The summed E-state index contributed by atoms with van der Waals surface area (Å²) in [6, 6.07) is -0.844. The zero-order valence-electron chi connectivity index (χ0n) is 45.6. The first-order chi connectivity index (χ1) is 32.9. The minimum Gasteiger partial charge on any atom is -0.456 e. The van der Waals surface area contributed by atoms with E-state index in [0.717, 1.165) is 64.2 Å². The number of carbonyl (C=O) groups is 2. The van der Waals surface area contributed by atoms with Crippen molar-refractivity contribution in [2.45, 2.75) is 283 Å². The molecule has 0 fully saturated rings. The average Bonchev–Trinajstić information content (AvgIpc) is 3.29. The van der Waals surface area contributed by atoms with E-state index in [0.29, 0.717) is 17.4 Å². The standard InChI is InChI=1S/C58H111N2O7P/c1-7-10-13-16-19-22-25-27-28-29-30-31-32-33-36-39-42-45-48-51-58(62)67-56(49-46-43-40-37-35-26-23-20-17-14-11-8-2)55(54-66-68(63,64)65-53-52-60(4,5)6)59-57(61)50-47-44-41-38-34-24-21-18-15-12-9-3/h19,22,27-28,46,49,55-56H,7-18,20-21,23-26,29-45,47-48,50-54H2,1-6H3,(H-,59,61,63,64)/p+1/b22-19-,28-27-,49-46+. The number of rotatable bonds is 52. The molecule has 0 aromatic heterocycles. The molecule has 0 spiro atoms. The number of phosphoric acid groups is 1. The fraction of sp³-hybridized carbons (Fsp3) is 0.862. The highest BCUT2D eigenvalue weighted by molar-refractivity contribution is 7.47. The van der Waals surface area contributed by atoms with Gasteiger partial charge in [0.1, 0.15) is 19.3 Å². The Morgan fingerprint density at radius 1 is 0.515 bits per heavy atom. The Morgan fingerprint density at radius 2 is 0.897 bits per heavy atom. The van der Waals surface area contributed by atoms with Crippen molar-refractivity contribution in [1.29, 1.82) is 0 Å². The maximum atomic E-state index is 13.4. The Balaban J connectivity index is 5.27. The maximum Gasteiger partial charge on any atom is 0.472 e. The number of ether oxygens (including phenoxy) is 1. The molecule has 0 radical (unpaired) electrons. The highest BCUT2D eigenvalue weighted by Gasteiger charge is 2.30. The molecule has 0 bridgehead atoms. The molecule has 9 nitrogen and oxygen atoms in total. The van der Waals surface area contributed by atoms with Crippen molar-refractivity contribution in [3.63, 3.8) is 0 Å². The van der Waals surface area contributed by atoms with Gasteiger partial charge < -0.3 is 19.4 Å². The van der Waals surface area contributed by atoms with Crippen molar-refractivity contribution in [2.75, 3.05) is 40.9 Å². The molecule has 0 saturated carbocycles. The molecule has 0 aliphatic heterocycles. The first kappa shape index (κ1) is 66.2. The van der Waals surface area contributed by atoms with Gasteiger partial charge in [-0.3, -0.25) is 18.6 Å². The van der Waals surface area contributed by atoms with E-state index in [-0.39, 0.29) is 31.5 Å². The summed E-state index contributed by atoms with van der Waals surface area (Å²) in [6.07, 6.45) is 57.0. The molecular formula is C58H112N2O7P+. The van der Waals surface area contributed by atoms with Crippen molar-refractivity contribution in [1.82, 2.24) is 5.32 Å². The van der Waals surface area contributed by atoms with E-state index in [9.17, 15) is 19.0 Å². The summed E-state index contributed by atoms with van der Waals surface area (Å²) in [5, 5.41) is 3.04. The van der Waals surface area contributed by atoms with E-state index in [1.54, 1.807) is 0 Å². The first-order valence-electron chi connectivity index (χ1n) is 28.8. The lowest BCUT2D eigenvalue weighted by Gasteiger charge is -2.27. The van der Waals surface area contributed by atoms with Gasteiger partial charge in [-0.2, -0.15) is 0 Å². The van der Waals surface area contributed by atoms with E-state index < -0.39 is 20.0 Å². The lowest BCUT2D eigenvalue weighted by molar-refractivity contribution is -0.870. The number of nitrogens with zero attached hydrogens (tertiary/aromatic N) is 1. The number of phosphoric ester groups is 1. The second-order valence-corrected chi connectivity index (χ2v) is 22.3. The smallest absolute Gasteiger partial charge is 0.456 e. The van der Waals surface area contributed by atoms with Gasteiger partial charge in [0, 0.05) is 12.8 Å². The monoisotopic (exact) mass is 980 g/mol. The summed E-state index contributed by atoms with van der Waals surface area (Å²) in [5.41, 5.74) is 0. The minimum absolute atomic E-state index is 0.0416.